The molecule has 4 nitrogen and oxygen atoms in total. The molecule has 2 amide bonds. The second-order valence-corrected chi connectivity index (χ2v) is 4.53. The number of carbonyl (C=O) groups excluding carboxylic acids is 2. The van der Waals surface area contributed by atoms with E-state index in [1.165, 1.54) is 11.8 Å². The SMILES string of the molecule is CCC(C)(C)NC(=O)[C@H](C)N(C)C(C)=O. The fourth-order valence-electron chi connectivity index (χ4n) is 0.975. The van der Waals surface area contributed by atoms with Crippen LogP contribution in [0.2, 0.25) is 0 Å². The fraction of sp³-hybridized carbons (Fsp3) is 0.818. The first-order valence-corrected chi connectivity index (χ1v) is 5.26. The van der Waals surface area contributed by atoms with Crippen LogP contribution in [0.5, 0.6) is 0 Å². The van der Waals surface area contributed by atoms with Crippen molar-refractivity contribution in [3.8, 4) is 0 Å². The molecule has 0 bridgehead atoms. The maximum atomic E-state index is 11.8. The molecule has 0 saturated heterocycles. The van der Waals surface area contributed by atoms with Crippen LogP contribution >= 0.6 is 0 Å². The maximum absolute atomic E-state index is 11.8. The molecule has 0 aliphatic carbocycles. The zero-order valence-corrected chi connectivity index (χ0v) is 10.5. The Morgan fingerprint density at radius 3 is 2.20 bits per heavy atom. The van der Waals surface area contributed by atoms with Crippen molar-refractivity contribution in [3.05, 3.63) is 0 Å². The van der Waals surface area contributed by atoms with E-state index in [-0.39, 0.29) is 17.4 Å². The van der Waals surface area contributed by atoms with Crippen molar-refractivity contribution in [1.82, 2.24) is 10.2 Å². The topological polar surface area (TPSA) is 49.4 Å². The van der Waals surface area contributed by atoms with Crippen LogP contribution in [0.1, 0.15) is 41.0 Å². The highest BCUT2D eigenvalue weighted by atomic mass is 16.2. The predicted octanol–water partition coefficient (Wildman–Crippen LogP) is 1.16. The highest BCUT2D eigenvalue weighted by molar-refractivity contribution is 5.86. The fourth-order valence-corrected chi connectivity index (χ4v) is 0.975. The van der Waals surface area contributed by atoms with Gasteiger partial charge in [-0.05, 0) is 27.2 Å². The zero-order chi connectivity index (χ0) is 12.2. The van der Waals surface area contributed by atoms with E-state index in [1.807, 2.05) is 20.8 Å². The van der Waals surface area contributed by atoms with Gasteiger partial charge in [-0.25, -0.2) is 0 Å². The Labute approximate surface area is 92.0 Å². The predicted molar refractivity (Wildman–Crippen MR) is 60.4 cm³/mol. The van der Waals surface area contributed by atoms with Crippen molar-refractivity contribution in [2.45, 2.75) is 52.6 Å². The van der Waals surface area contributed by atoms with Crippen molar-refractivity contribution >= 4 is 11.8 Å². The molecule has 0 aliphatic rings. The third-order valence-electron chi connectivity index (χ3n) is 2.80. The Morgan fingerprint density at radius 1 is 1.40 bits per heavy atom. The Kier molecular flexibility index (Phi) is 4.78. The Bertz CT molecular complexity index is 249. The summed E-state index contributed by atoms with van der Waals surface area (Å²) in [6.07, 6.45) is 0.856. The van der Waals surface area contributed by atoms with Crippen molar-refractivity contribution in [1.29, 1.82) is 0 Å². The van der Waals surface area contributed by atoms with Gasteiger partial charge in [0, 0.05) is 19.5 Å². The van der Waals surface area contributed by atoms with Crippen LogP contribution in [0.3, 0.4) is 0 Å². The van der Waals surface area contributed by atoms with Crippen LogP contribution < -0.4 is 5.32 Å². The van der Waals surface area contributed by atoms with Gasteiger partial charge in [-0.1, -0.05) is 6.92 Å². The smallest absolute Gasteiger partial charge is 0.242 e. The minimum Gasteiger partial charge on any atom is -0.349 e. The summed E-state index contributed by atoms with van der Waals surface area (Å²) < 4.78 is 0. The summed E-state index contributed by atoms with van der Waals surface area (Å²) in [4.78, 5) is 24.3. The summed E-state index contributed by atoms with van der Waals surface area (Å²) in [5.41, 5.74) is -0.219. The summed E-state index contributed by atoms with van der Waals surface area (Å²) >= 11 is 0. The molecule has 1 N–H and O–H groups in total. The van der Waals surface area contributed by atoms with Gasteiger partial charge in [-0.3, -0.25) is 9.59 Å². The molecule has 0 saturated carbocycles. The first-order chi connectivity index (χ1) is 6.71. The molecule has 4 heteroatoms. The lowest BCUT2D eigenvalue weighted by molar-refractivity contribution is -0.137. The van der Waals surface area contributed by atoms with Gasteiger partial charge < -0.3 is 10.2 Å². The van der Waals surface area contributed by atoms with Crippen LogP contribution in [0, 0.1) is 0 Å². The van der Waals surface area contributed by atoms with Crippen LogP contribution in [0.25, 0.3) is 0 Å². The Hall–Kier alpha value is -1.06. The summed E-state index contributed by atoms with van der Waals surface area (Å²) in [5.74, 6) is -0.216. The molecule has 0 aromatic heterocycles. The molecule has 15 heavy (non-hydrogen) atoms. The molecule has 0 aliphatic heterocycles. The molecule has 0 spiro atoms. The molecule has 0 fully saturated rings. The lowest BCUT2D eigenvalue weighted by Crippen LogP contribution is -2.51. The number of nitrogens with one attached hydrogen (secondary N) is 1. The third-order valence-corrected chi connectivity index (χ3v) is 2.80. The molecule has 88 valence electrons. The molecule has 0 aromatic rings. The number of hydrogen-bond acceptors (Lipinski definition) is 2. The highest BCUT2D eigenvalue weighted by Gasteiger charge is 2.25. The third kappa shape index (κ3) is 4.32. The molecule has 0 aromatic carbocycles. The number of carbonyl (C=O) groups is 2. The number of likely N-dealkylation sites (N-methyl/N-ethyl adjacent to an activating group) is 1. The highest BCUT2D eigenvalue weighted by Crippen LogP contribution is 2.08. The van der Waals surface area contributed by atoms with Crippen molar-refractivity contribution in [3.63, 3.8) is 0 Å². The van der Waals surface area contributed by atoms with E-state index in [2.05, 4.69) is 5.32 Å². The van der Waals surface area contributed by atoms with Crippen LogP contribution in [-0.4, -0.2) is 35.3 Å². The van der Waals surface area contributed by atoms with Gasteiger partial charge >= 0.3 is 0 Å². The van der Waals surface area contributed by atoms with E-state index >= 15 is 0 Å². The number of hydrogen-bond donors (Lipinski definition) is 1. The lowest BCUT2D eigenvalue weighted by Gasteiger charge is -2.29. The van der Waals surface area contributed by atoms with Gasteiger partial charge in [-0.15, -0.1) is 0 Å². The van der Waals surface area contributed by atoms with Crippen molar-refractivity contribution in [2.75, 3.05) is 7.05 Å². The molecule has 0 radical (unpaired) electrons. The van der Waals surface area contributed by atoms with Crippen LogP contribution in [-0.2, 0) is 9.59 Å². The average molecular weight is 214 g/mol. The minimum absolute atomic E-state index is 0.105. The van der Waals surface area contributed by atoms with Gasteiger partial charge in [0.1, 0.15) is 6.04 Å². The molecule has 1 atom stereocenters. The molecule has 0 heterocycles. The maximum Gasteiger partial charge on any atom is 0.242 e. The van der Waals surface area contributed by atoms with Crippen LogP contribution in [0.15, 0.2) is 0 Å². The summed E-state index contributed by atoms with van der Waals surface area (Å²) in [7, 11) is 1.63. The van der Waals surface area contributed by atoms with E-state index in [4.69, 9.17) is 0 Å². The summed E-state index contributed by atoms with van der Waals surface area (Å²) in [6, 6.07) is -0.423. The lowest BCUT2D eigenvalue weighted by atomic mass is 10.0. The Balaban J connectivity index is 4.40. The summed E-state index contributed by atoms with van der Waals surface area (Å²) in [5, 5.41) is 2.91. The largest absolute Gasteiger partial charge is 0.349 e. The minimum atomic E-state index is -0.423. The second kappa shape index (κ2) is 5.14. The van der Waals surface area contributed by atoms with Gasteiger partial charge in [0.05, 0.1) is 0 Å². The van der Waals surface area contributed by atoms with Crippen molar-refractivity contribution < 1.29 is 9.59 Å². The monoisotopic (exact) mass is 214 g/mol. The van der Waals surface area contributed by atoms with Gasteiger partial charge in [0.15, 0.2) is 0 Å². The average Bonchev–Trinajstić information content (AvgIpc) is 2.14. The van der Waals surface area contributed by atoms with E-state index in [0.717, 1.165) is 6.42 Å². The van der Waals surface area contributed by atoms with Crippen molar-refractivity contribution in [2.24, 2.45) is 0 Å². The Morgan fingerprint density at radius 2 is 1.87 bits per heavy atom. The first-order valence-electron chi connectivity index (χ1n) is 5.26. The standard InChI is InChI=1S/C11H22N2O2/c1-7-11(4,5)12-10(15)8(2)13(6)9(3)14/h8H,7H2,1-6H3,(H,12,15)/t8-/m0/s1. The summed E-state index contributed by atoms with van der Waals surface area (Å²) in [6.45, 7) is 9.12. The number of amides is 2. The first kappa shape index (κ1) is 13.9. The molecular formula is C11H22N2O2. The number of rotatable bonds is 4. The van der Waals surface area contributed by atoms with Gasteiger partial charge in [-0.2, -0.15) is 0 Å². The van der Waals surface area contributed by atoms with E-state index in [9.17, 15) is 9.59 Å². The van der Waals surface area contributed by atoms with E-state index in [0.29, 0.717) is 0 Å². The van der Waals surface area contributed by atoms with E-state index < -0.39 is 6.04 Å². The molecular weight excluding hydrogens is 192 g/mol. The van der Waals surface area contributed by atoms with Gasteiger partial charge in [0.25, 0.3) is 0 Å². The normalized spacial score (nSPS) is 13.2. The molecule has 0 unspecified atom stereocenters. The quantitative estimate of drug-likeness (QED) is 0.763. The van der Waals surface area contributed by atoms with Crippen LogP contribution in [0.4, 0.5) is 0 Å². The second-order valence-electron chi connectivity index (χ2n) is 4.53. The number of nitrogens with zero attached hydrogens (tertiary/aromatic N) is 1. The zero-order valence-electron chi connectivity index (χ0n) is 10.5. The van der Waals surface area contributed by atoms with Gasteiger partial charge in [0.2, 0.25) is 11.8 Å². The van der Waals surface area contributed by atoms with E-state index in [1.54, 1.807) is 14.0 Å². The molecule has 0 rings (SSSR count).